The Hall–Kier alpha value is -3.12. The Labute approximate surface area is 153 Å². The van der Waals surface area contributed by atoms with Crippen LogP contribution in [0.5, 0.6) is 0 Å². The molecule has 13 heteroatoms. The normalized spacial score (nSPS) is 12.4. The number of nitrogens with one attached hydrogen (secondary N) is 1. The molecule has 1 amide bonds. The van der Waals surface area contributed by atoms with Crippen molar-refractivity contribution in [1.82, 2.24) is 5.43 Å². The highest BCUT2D eigenvalue weighted by Crippen LogP contribution is 2.36. The third-order valence-electron chi connectivity index (χ3n) is 3.10. The van der Waals surface area contributed by atoms with Gasteiger partial charge in [0.25, 0.3) is 5.91 Å². The van der Waals surface area contributed by atoms with Crippen molar-refractivity contribution in [3.63, 3.8) is 0 Å². The molecule has 0 heterocycles. The van der Waals surface area contributed by atoms with E-state index in [4.69, 9.17) is 0 Å². The van der Waals surface area contributed by atoms with Gasteiger partial charge in [0.05, 0.1) is 31.8 Å². The highest BCUT2D eigenvalue weighted by molar-refractivity contribution is 6.39. The SMILES string of the molecule is COC(=O)CC(=NNC(=O)c1cc(C(F)(F)F)cc(C(F)(F)F)c1)C(=O)OC. The summed E-state index contributed by atoms with van der Waals surface area (Å²) in [6.45, 7) is 0. The summed E-state index contributed by atoms with van der Waals surface area (Å²) in [6.07, 6.45) is -11.1. The number of hydrogen-bond donors (Lipinski definition) is 1. The molecule has 1 rings (SSSR count). The fourth-order valence-electron chi connectivity index (χ4n) is 1.75. The Morgan fingerprint density at radius 3 is 1.82 bits per heavy atom. The molecule has 0 aromatic heterocycles. The summed E-state index contributed by atoms with van der Waals surface area (Å²) in [4.78, 5) is 34.6. The van der Waals surface area contributed by atoms with Gasteiger partial charge in [-0.3, -0.25) is 9.59 Å². The molecular formula is C15H12F6N2O5. The van der Waals surface area contributed by atoms with Crippen molar-refractivity contribution in [1.29, 1.82) is 0 Å². The van der Waals surface area contributed by atoms with Gasteiger partial charge in [0.15, 0.2) is 5.71 Å². The molecule has 1 aromatic carbocycles. The van der Waals surface area contributed by atoms with E-state index in [-0.39, 0.29) is 18.2 Å². The van der Waals surface area contributed by atoms with Gasteiger partial charge in [-0.1, -0.05) is 0 Å². The number of rotatable bonds is 5. The second-order valence-corrected chi connectivity index (χ2v) is 5.04. The van der Waals surface area contributed by atoms with Gasteiger partial charge >= 0.3 is 24.3 Å². The minimum atomic E-state index is -5.15. The molecule has 154 valence electrons. The first-order valence-electron chi connectivity index (χ1n) is 7.11. The molecule has 1 N–H and O–H groups in total. The van der Waals surface area contributed by atoms with E-state index in [9.17, 15) is 40.7 Å². The summed E-state index contributed by atoms with van der Waals surface area (Å²) in [5.41, 5.74) is -3.52. The predicted molar refractivity (Wildman–Crippen MR) is 80.0 cm³/mol. The maximum atomic E-state index is 12.8. The van der Waals surface area contributed by atoms with Crippen LogP contribution in [0.15, 0.2) is 23.3 Å². The van der Waals surface area contributed by atoms with Gasteiger partial charge in [0.2, 0.25) is 0 Å². The summed E-state index contributed by atoms with van der Waals surface area (Å²) in [5, 5.41) is 3.22. The third kappa shape index (κ3) is 6.25. The van der Waals surface area contributed by atoms with Gasteiger partial charge in [0, 0.05) is 5.56 Å². The summed E-state index contributed by atoms with van der Waals surface area (Å²) < 4.78 is 85.4. The average molecular weight is 414 g/mol. The fourth-order valence-corrected chi connectivity index (χ4v) is 1.75. The van der Waals surface area contributed by atoms with Gasteiger partial charge in [-0.2, -0.15) is 31.4 Å². The maximum Gasteiger partial charge on any atom is 0.416 e. The van der Waals surface area contributed by atoms with E-state index < -0.39 is 59.0 Å². The fraction of sp³-hybridized carbons (Fsp3) is 0.333. The molecule has 1 aromatic rings. The van der Waals surface area contributed by atoms with E-state index in [1.807, 2.05) is 0 Å². The Kier molecular flexibility index (Phi) is 7.13. The van der Waals surface area contributed by atoms with Crippen LogP contribution < -0.4 is 5.43 Å². The van der Waals surface area contributed by atoms with Crippen molar-refractivity contribution in [2.75, 3.05) is 14.2 Å². The third-order valence-corrected chi connectivity index (χ3v) is 3.10. The van der Waals surface area contributed by atoms with Crippen LogP contribution in [0.1, 0.15) is 27.9 Å². The summed E-state index contributed by atoms with van der Waals surface area (Å²) >= 11 is 0. The van der Waals surface area contributed by atoms with Crippen molar-refractivity contribution in [3.8, 4) is 0 Å². The number of carbonyl (C=O) groups excluding carboxylic acids is 3. The highest BCUT2D eigenvalue weighted by Gasteiger charge is 2.37. The van der Waals surface area contributed by atoms with E-state index in [1.165, 1.54) is 0 Å². The zero-order valence-electron chi connectivity index (χ0n) is 14.2. The van der Waals surface area contributed by atoms with Gasteiger partial charge in [-0.15, -0.1) is 0 Å². The molecule has 0 aliphatic heterocycles. The molecule has 0 aliphatic rings. The molecule has 0 saturated heterocycles. The quantitative estimate of drug-likeness (QED) is 0.346. The zero-order valence-corrected chi connectivity index (χ0v) is 14.2. The molecule has 28 heavy (non-hydrogen) atoms. The number of esters is 2. The second kappa shape index (κ2) is 8.71. The van der Waals surface area contributed by atoms with E-state index in [0.29, 0.717) is 0 Å². The number of ether oxygens (including phenoxy) is 2. The van der Waals surface area contributed by atoms with Gasteiger partial charge in [-0.25, -0.2) is 10.2 Å². The van der Waals surface area contributed by atoms with E-state index >= 15 is 0 Å². The Morgan fingerprint density at radius 1 is 0.929 bits per heavy atom. The lowest BCUT2D eigenvalue weighted by Gasteiger charge is -2.13. The molecule has 0 atom stereocenters. The first-order valence-corrected chi connectivity index (χ1v) is 7.11. The van der Waals surface area contributed by atoms with Crippen LogP contribution in [0.3, 0.4) is 0 Å². The number of amides is 1. The second-order valence-electron chi connectivity index (χ2n) is 5.04. The van der Waals surface area contributed by atoms with Gasteiger partial charge < -0.3 is 9.47 Å². The number of benzene rings is 1. The Morgan fingerprint density at radius 2 is 1.43 bits per heavy atom. The monoisotopic (exact) mass is 414 g/mol. The largest absolute Gasteiger partial charge is 0.469 e. The highest BCUT2D eigenvalue weighted by atomic mass is 19.4. The number of methoxy groups -OCH3 is 2. The minimum Gasteiger partial charge on any atom is -0.469 e. The molecule has 0 saturated carbocycles. The summed E-state index contributed by atoms with van der Waals surface area (Å²) in [7, 11) is 1.90. The van der Waals surface area contributed by atoms with E-state index in [0.717, 1.165) is 14.2 Å². The van der Waals surface area contributed by atoms with Crippen molar-refractivity contribution >= 4 is 23.6 Å². The van der Waals surface area contributed by atoms with Crippen molar-refractivity contribution in [2.24, 2.45) is 5.10 Å². The molecule has 0 unspecified atom stereocenters. The van der Waals surface area contributed by atoms with Crippen LogP contribution in [0.4, 0.5) is 26.3 Å². The van der Waals surface area contributed by atoms with Crippen LogP contribution in [0.2, 0.25) is 0 Å². The standard InChI is InChI=1S/C15H12F6N2O5/c1-27-11(24)6-10(13(26)28-2)22-23-12(25)7-3-8(14(16,17)18)5-9(4-7)15(19,20)21/h3-5H,6H2,1-2H3,(H,23,25). The maximum absolute atomic E-state index is 12.8. The lowest BCUT2D eigenvalue weighted by Crippen LogP contribution is -2.27. The molecule has 7 nitrogen and oxygen atoms in total. The summed E-state index contributed by atoms with van der Waals surface area (Å²) in [6, 6.07) is 0.202. The summed E-state index contributed by atoms with van der Waals surface area (Å²) in [5.74, 6) is -3.62. The van der Waals surface area contributed by atoms with E-state index in [1.54, 1.807) is 5.43 Å². The van der Waals surface area contributed by atoms with Crippen molar-refractivity contribution < 1.29 is 50.2 Å². The minimum absolute atomic E-state index is 0.156. The van der Waals surface area contributed by atoms with Crippen LogP contribution >= 0.6 is 0 Å². The van der Waals surface area contributed by atoms with Crippen molar-refractivity contribution in [2.45, 2.75) is 18.8 Å². The lowest BCUT2D eigenvalue weighted by molar-refractivity contribution is -0.143. The Balaban J connectivity index is 3.26. The van der Waals surface area contributed by atoms with Crippen LogP contribution in [-0.4, -0.2) is 37.8 Å². The lowest BCUT2D eigenvalue weighted by atomic mass is 10.0. The number of hydrazone groups is 1. The molecule has 0 fully saturated rings. The molecule has 0 radical (unpaired) electrons. The number of halogens is 6. The van der Waals surface area contributed by atoms with Gasteiger partial charge in [0.1, 0.15) is 0 Å². The topological polar surface area (TPSA) is 94.1 Å². The molecule has 0 spiro atoms. The predicted octanol–water partition coefficient (Wildman–Crippen LogP) is 2.55. The first-order chi connectivity index (χ1) is 12.8. The first kappa shape index (κ1) is 22.9. The molecular weight excluding hydrogens is 402 g/mol. The number of alkyl halides is 6. The number of nitrogens with zero attached hydrogens (tertiary/aromatic N) is 1. The number of carbonyl (C=O) groups is 3. The number of hydrogen-bond acceptors (Lipinski definition) is 6. The van der Waals surface area contributed by atoms with Gasteiger partial charge in [-0.05, 0) is 18.2 Å². The molecule has 0 aliphatic carbocycles. The van der Waals surface area contributed by atoms with Crippen LogP contribution in [0.25, 0.3) is 0 Å². The Bertz CT molecular complexity index is 769. The van der Waals surface area contributed by atoms with E-state index in [2.05, 4.69) is 14.6 Å². The zero-order chi connectivity index (χ0) is 21.7. The average Bonchev–Trinajstić information content (AvgIpc) is 2.61. The van der Waals surface area contributed by atoms with Crippen LogP contribution in [-0.2, 0) is 31.4 Å². The van der Waals surface area contributed by atoms with Crippen LogP contribution in [0, 0.1) is 0 Å². The smallest absolute Gasteiger partial charge is 0.416 e. The molecule has 0 bridgehead atoms. The van der Waals surface area contributed by atoms with Crippen molar-refractivity contribution in [3.05, 3.63) is 34.9 Å².